The van der Waals surface area contributed by atoms with E-state index < -0.39 is 10.0 Å². The molecule has 1 amide bonds. The second-order valence-electron chi connectivity index (χ2n) is 5.19. The van der Waals surface area contributed by atoms with Gasteiger partial charge in [0, 0.05) is 5.56 Å². The normalized spacial score (nSPS) is 12.7. The first-order chi connectivity index (χ1) is 10.3. The maximum atomic E-state index is 12.3. The van der Waals surface area contributed by atoms with Crippen molar-refractivity contribution in [2.75, 3.05) is 0 Å². The van der Waals surface area contributed by atoms with Crippen LogP contribution in [-0.2, 0) is 10.0 Å². The van der Waals surface area contributed by atoms with Gasteiger partial charge in [0.2, 0.25) is 10.0 Å². The Balaban J connectivity index is 2.25. The molecule has 0 aliphatic rings. The van der Waals surface area contributed by atoms with Gasteiger partial charge in [0.15, 0.2) is 0 Å². The van der Waals surface area contributed by atoms with Gasteiger partial charge in [-0.3, -0.25) is 4.79 Å². The molecular formula is C16H18N2O3S. The Hall–Kier alpha value is -2.18. The minimum Gasteiger partial charge on any atom is -0.346 e. The van der Waals surface area contributed by atoms with Gasteiger partial charge in [-0.2, -0.15) is 0 Å². The molecule has 5 nitrogen and oxygen atoms in total. The van der Waals surface area contributed by atoms with Crippen molar-refractivity contribution in [2.24, 2.45) is 5.14 Å². The number of aryl methyl sites for hydroxylation is 1. The van der Waals surface area contributed by atoms with Crippen molar-refractivity contribution >= 4 is 15.9 Å². The molecule has 0 fully saturated rings. The lowest BCUT2D eigenvalue weighted by atomic mass is 10.1. The van der Waals surface area contributed by atoms with E-state index in [1.165, 1.54) is 12.1 Å². The summed E-state index contributed by atoms with van der Waals surface area (Å²) in [4.78, 5) is 12.2. The maximum absolute atomic E-state index is 12.3. The van der Waals surface area contributed by atoms with Gasteiger partial charge >= 0.3 is 0 Å². The van der Waals surface area contributed by atoms with Gasteiger partial charge in [-0.05, 0) is 43.2 Å². The highest BCUT2D eigenvalue weighted by atomic mass is 32.2. The zero-order valence-electron chi connectivity index (χ0n) is 12.4. The SMILES string of the molecule is Cc1cc(C(=O)NC(C)c2ccccc2)cc(S(N)(=O)=O)c1. The van der Waals surface area contributed by atoms with E-state index >= 15 is 0 Å². The van der Waals surface area contributed by atoms with Crippen molar-refractivity contribution in [1.82, 2.24) is 5.32 Å². The third-order valence-electron chi connectivity index (χ3n) is 3.29. The van der Waals surface area contributed by atoms with Crippen molar-refractivity contribution in [3.05, 3.63) is 65.2 Å². The Kier molecular flexibility index (Phi) is 4.63. The molecule has 0 spiro atoms. The van der Waals surface area contributed by atoms with Gasteiger partial charge in [0.1, 0.15) is 0 Å². The van der Waals surface area contributed by atoms with Crippen LogP contribution < -0.4 is 10.5 Å². The van der Waals surface area contributed by atoms with E-state index in [0.29, 0.717) is 5.56 Å². The van der Waals surface area contributed by atoms with Crippen LogP contribution in [0.3, 0.4) is 0 Å². The summed E-state index contributed by atoms with van der Waals surface area (Å²) in [7, 11) is -3.84. The number of benzene rings is 2. The molecule has 0 heterocycles. The first-order valence-electron chi connectivity index (χ1n) is 6.77. The van der Waals surface area contributed by atoms with Crippen LogP contribution in [0.2, 0.25) is 0 Å². The summed E-state index contributed by atoms with van der Waals surface area (Å²) in [5.74, 6) is -0.343. The summed E-state index contributed by atoms with van der Waals surface area (Å²) < 4.78 is 22.9. The lowest BCUT2D eigenvalue weighted by Crippen LogP contribution is -2.27. The summed E-state index contributed by atoms with van der Waals surface area (Å²) in [6.45, 7) is 3.58. The number of primary sulfonamides is 1. The van der Waals surface area contributed by atoms with Gasteiger partial charge in [0.25, 0.3) is 5.91 Å². The van der Waals surface area contributed by atoms with E-state index in [2.05, 4.69) is 5.32 Å². The van der Waals surface area contributed by atoms with E-state index in [9.17, 15) is 13.2 Å². The van der Waals surface area contributed by atoms with Crippen molar-refractivity contribution in [3.63, 3.8) is 0 Å². The van der Waals surface area contributed by atoms with Crippen LogP contribution in [-0.4, -0.2) is 14.3 Å². The highest BCUT2D eigenvalue weighted by molar-refractivity contribution is 7.89. The van der Waals surface area contributed by atoms with E-state index in [1.807, 2.05) is 37.3 Å². The molecule has 0 radical (unpaired) electrons. The standard InChI is InChI=1S/C16H18N2O3S/c1-11-8-14(10-15(9-11)22(17,20)21)16(19)18-12(2)13-6-4-3-5-7-13/h3-10,12H,1-2H3,(H,18,19)(H2,17,20,21). The van der Waals surface area contributed by atoms with Crippen LogP contribution in [0.1, 0.15) is 34.5 Å². The third-order valence-corrected chi connectivity index (χ3v) is 4.18. The van der Waals surface area contributed by atoms with E-state index in [0.717, 1.165) is 5.56 Å². The summed E-state index contributed by atoms with van der Waals surface area (Å²) in [5, 5.41) is 7.97. The number of nitrogens with one attached hydrogen (secondary N) is 1. The summed E-state index contributed by atoms with van der Waals surface area (Å²) in [6.07, 6.45) is 0. The van der Waals surface area contributed by atoms with Gasteiger partial charge in [-0.1, -0.05) is 30.3 Å². The molecule has 0 aliphatic heterocycles. The minimum absolute atomic E-state index is 0.0648. The molecule has 0 aliphatic carbocycles. The van der Waals surface area contributed by atoms with Gasteiger partial charge in [0.05, 0.1) is 10.9 Å². The van der Waals surface area contributed by atoms with E-state index in [1.54, 1.807) is 13.0 Å². The number of hydrogen-bond donors (Lipinski definition) is 2. The number of hydrogen-bond acceptors (Lipinski definition) is 3. The van der Waals surface area contributed by atoms with E-state index in [4.69, 9.17) is 5.14 Å². The van der Waals surface area contributed by atoms with Crippen LogP contribution >= 0.6 is 0 Å². The fourth-order valence-electron chi connectivity index (χ4n) is 2.15. The molecule has 22 heavy (non-hydrogen) atoms. The lowest BCUT2D eigenvalue weighted by Gasteiger charge is -2.15. The van der Waals surface area contributed by atoms with Crippen molar-refractivity contribution in [1.29, 1.82) is 0 Å². The van der Waals surface area contributed by atoms with Crippen LogP contribution in [0.15, 0.2) is 53.4 Å². The molecule has 1 atom stereocenters. The first-order valence-corrected chi connectivity index (χ1v) is 8.32. The van der Waals surface area contributed by atoms with Crippen LogP contribution in [0.5, 0.6) is 0 Å². The van der Waals surface area contributed by atoms with Crippen LogP contribution in [0.25, 0.3) is 0 Å². The summed E-state index contributed by atoms with van der Waals surface area (Å²) in [6, 6.07) is 13.7. The predicted octanol–water partition coefficient (Wildman–Crippen LogP) is 2.13. The van der Waals surface area contributed by atoms with Gasteiger partial charge in [-0.15, -0.1) is 0 Å². The fraction of sp³-hybridized carbons (Fsp3) is 0.188. The lowest BCUT2D eigenvalue weighted by molar-refractivity contribution is 0.0939. The topological polar surface area (TPSA) is 89.3 Å². The highest BCUT2D eigenvalue weighted by Gasteiger charge is 2.15. The molecule has 116 valence electrons. The third kappa shape index (κ3) is 3.93. The van der Waals surface area contributed by atoms with Gasteiger partial charge in [-0.25, -0.2) is 13.6 Å². The Morgan fingerprint density at radius 2 is 1.77 bits per heavy atom. The number of rotatable bonds is 4. The Morgan fingerprint density at radius 3 is 2.36 bits per heavy atom. The van der Waals surface area contributed by atoms with Crippen molar-refractivity contribution < 1.29 is 13.2 Å². The molecule has 3 N–H and O–H groups in total. The van der Waals surface area contributed by atoms with Crippen molar-refractivity contribution in [3.8, 4) is 0 Å². The Labute approximate surface area is 130 Å². The molecule has 0 saturated heterocycles. The van der Waals surface area contributed by atoms with Gasteiger partial charge < -0.3 is 5.32 Å². The monoisotopic (exact) mass is 318 g/mol. The fourth-order valence-corrected chi connectivity index (χ4v) is 2.79. The minimum atomic E-state index is -3.84. The molecular weight excluding hydrogens is 300 g/mol. The average molecular weight is 318 g/mol. The molecule has 6 heteroatoms. The zero-order chi connectivity index (χ0) is 16.3. The average Bonchev–Trinajstić information content (AvgIpc) is 2.46. The van der Waals surface area contributed by atoms with E-state index in [-0.39, 0.29) is 22.4 Å². The quantitative estimate of drug-likeness (QED) is 0.905. The van der Waals surface area contributed by atoms with Crippen LogP contribution in [0, 0.1) is 6.92 Å². The summed E-state index contributed by atoms with van der Waals surface area (Å²) >= 11 is 0. The molecule has 2 rings (SSSR count). The second-order valence-corrected chi connectivity index (χ2v) is 6.75. The highest BCUT2D eigenvalue weighted by Crippen LogP contribution is 2.16. The number of sulfonamides is 1. The molecule has 2 aromatic rings. The molecule has 0 saturated carbocycles. The maximum Gasteiger partial charge on any atom is 0.251 e. The largest absolute Gasteiger partial charge is 0.346 e. The zero-order valence-corrected chi connectivity index (χ0v) is 13.2. The smallest absolute Gasteiger partial charge is 0.251 e. The first kappa shape index (κ1) is 16.2. The van der Waals surface area contributed by atoms with Crippen molar-refractivity contribution in [2.45, 2.75) is 24.8 Å². The number of nitrogens with two attached hydrogens (primary N) is 1. The number of carbonyl (C=O) groups excluding carboxylic acids is 1. The predicted molar refractivity (Wildman–Crippen MR) is 84.9 cm³/mol. The Bertz CT molecular complexity index is 786. The van der Waals surface area contributed by atoms with Crippen LogP contribution in [0.4, 0.5) is 0 Å². The molecule has 0 aromatic heterocycles. The Morgan fingerprint density at radius 1 is 1.14 bits per heavy atom. The second kappa shape index (κ2) is 6.29. The molecule has 2 aromatic carbocycles. The molecule has 0 bridgehead atoms. The summed E-state index contributed by atoms with van der Waals surface area (Å²) in [5.41, 5.74) is 1.89. The number of amides is 1. The number of carbonyl (C=O) groups is 1. The molecule has 1 unspecified atom stereocenters.